The molecular weight excluding hydrogens is 423 g/mol. The van der Waals surface area contributed by atoms with E-state index in [0.29, 0.717) is 0 Å². The number of rotatable bonds is 0. The van der Waals surface area contributed by atoms with Crippen molar-refractivity contribution in [1.29, 1.82) is 0 Å². The lowest BCUT2D eigenvalue weighted by Gasteiger charge is -2.36. The molecule has 0 amide bonds. The maximum atomic E-state index is 12.7. The van der Waals surface area contributed by atoms with Crippen LogP contribution in [0.1, 0.15) is 27.0 Å². The van der Waals surface area contributed by atoms with Gasteiger partial charge in [-0.1, -0.05) is 23.2 Å². The van der Waals surface area contributed by atoms with Crippen molar-refractivity contribution in [3.05, 3.63) is 68.7 Å². The molecule has 0 aliphatic carbocycles. The van der Waals surface area contributed by atoms with Crippen molar-refractivity contribution in [3.63, 3.8) is 0 Å². The van der Waals surface area contributed by atoms with E-state index in [1.165, 1.54) is 36.4 Å². The number of benzene rings is 3. The molecule has 5 rings (SSSR count). The maximum Gasteiger partial charge on any atom is 0.344 e. The van der Waals surface area contributed by atoms with Crippen molar-refractivity contribution in [1.82, 2.24) is 0 Å². The van der Waals surface area contributed by atoms with E-state index in [-0.39, 0.29) is 55.3 Å². The van der Waals surface area contributed by atoms with Crippen LogP contribution in [-0.4, -0.2) is 26.4 Å². The summed E-state index contributed by atoms with van der Waals surface area (Å²) in [6.45, 7) is 0. The molecule has 0 saturated carbocycles. The molecular formula is C20H10Cl2O7. The highest BCUT2D eigenvalue weighted by atomic mass is 35.5. The zero-order valence-electron chi connectivity index (χ0n) is 14.2. The van der Waals surface area contributed by atoms with E-state index in [1.807, 2.05) is 0 Å². The summed E-state index contributed by atoms with van der Waals surface area (Å²) in [5.41, 5.74) is -1.11. The van der Waals surface area contributed by atoms with Gasteiger partial charge in [-0.3, -0.25) is 0 Å². The standard InChI is InChI=1S/C20H10Cl2O7/c21-10-3-8-15(5-13(10)24)28-16-6-14(25)11(22)4-9(16)20(8)7-1-2-12(23)18(26)17(7)19(27)29-20/h1-6,23-26H. The van der Waals surface area contributed by atoms with Gasteiger partial charge < -0.3 is 29.9 Å². The lowest BCUT2D eigenvalue weighted by Crippen LogP contribution is -2.33. The molecule has 146 valence electrons. The van der Waals surface area contributed by atoms with Crippen LogP contribution < -0.4 is 4.74 Å². The van der Waals surface area contributed by atoms with E-state index in [1.54, 1.807) is 0 Å². The highest BCUT2D eigenvalue weighted by Gasteiger charge is 2.55. The Morgan fingerprint density at radius 2 is 1.31 bits per heavy atom. The molecule has 3 aromatic carbocycles. The molecule has 9 heteroatoms. The van der Waals surface area contributed by atoms with Crippen molar-refractivity contribution in [2.75, 3.05) is 0 Å². The van der Waals surface area contributed by atoms with Gasteiger partial charge in [0.25, 0.3) is 0 Å². The number of aromatic hydroxyl groups is 4. The first kappa shape index (κ1) is 17.8. The Kier molecular flexibility index (Phi) is 3.45. The third-order valence-electron chi connectivity index (χ3n) is 5.06. The van der Waals surface area contributed by atoms with Gasteiger partial charge in [0.1, 0.15) is 28.6 Å². The minimum Gasteiger partial charge on any atom is -0.506 e. The van der Waals surface area contributed by atoms with Crippen LogP contribution in [0.25, 0.3) is 0 Å². The van der Waals surface area contributed by atoms with Gasteiger partial charge in [-0.25, -0.2) is 4.79 Å². The number of phenols is 4. The van der Waals surface area contributed by atoms with Gasteiger partial charge in [0.15, 0.2) is 17.1 Å². The normalized spacial score (nSPS) is 15.3. The summed E-state index contributed by atoms with van der Waals surface area (Å²) in [5, 5.41) is 40.1. The molecule has 3 aromatic rings. The number of carbonyl (C=O) groups excluding carboxylic acids is 1. The average molecular weight is 433 g/mol. The Labute approximate surface area is 172 Å². The van der Waals surface area contributed by atoms with E-state index >= 15 is 0 Å². The van der Waals surface area contributed by atoms with E-state index in [9.17, 15) is 25.2 Å². The van der Waals surface area contributed by atoms with Crippen LogP contribution >= 0.6 is 23.2 Å². The largest absolute Gasteiger partial charge is 0.506 e. The summed E-state index contributed by atoms with van der Waals surface area (Å²) < 4.78 is 11.6. The third kappa shape index (κ3) is 2.17. The van der Waals surface area contributed by atoms with Gasteiger partial charge in [0.2, 0.25) is 0 Å². The van der Waals surface area contributed by atoms with Crippen molar-refractivity contribution >= 4 is 29.2 Å². The fourth-order valence-corrected chi connectivity index (χ4v) is 4.12. The molecule has 2 heterocycles. The Morgan fingerprint density at radius 1 is 0.759 bits per heavy atom. The quantitative estimate of drug-likeness (QED) is 0.307. The van der Waals surface area contributed by atoms with Gasteiger partial charge >= 0.3 is 5.97 Å². The van der Waals surface area contributed by atoms with Crippen LogP contribution in [0.2, 0.25) is 10.0 Å². The predicted molar refractivity (Wildman–Crippen MR) is 101 cm³/mol. The fraction of sp³-hybridized carbons (Fsp3) is 0.0500. The number of carbonyl (C=O) groups is 1. The zero-order chi connectivity index (χ0) is 20.7. The number of phenolic OH excluding ortho intramolecular Hbond substituents is 4. The SMILES string of the molecule is O=C1OC2(c3cc(Cl)c(O)cc3Oc3cc(O)c(Cl)cc32)c2ccc(O)c(O)c21. The second-order valence-corrected chi connectivity index (χ2v) is 7.44. The summed E-state index contributed by atoms with van der Waals surface area (Å²) in [6.07, 6.45) is 0. The molecule has 7 nitrogen and oxygen atoms in total. The number of esters is 1. The van der Waals surface area contributed by atoms with Crippen molar-refractivity contribution in [2.45, 2.75) is 5.60 Å². The van der Waals surface area contributed by atoms with Gasteiger partial charge in [0, 0.05) is 28.8 Å². The molecule has 0 aromatic heterocycles. The average Bonchev–Trinajstić information content (AvgIpc) is 2.96. The topological polar surface area (TPSA) is 116 Å². The lowest BCUT2D eigenvalue weighted by molar-refractivity contribution is 0.0223. The highest BCUT2D eigenvalue weighted by molar-refractivity contribution is 6.32. The van der Waals surface area contributed by atoms with E-state index in [0.717, 1.165) is 0 Å². The first-order valence-electron chi connectivity index (χ1n) is 8.26. The minimum atomic E-state index is -1.64. The van der Waals surface area contributed by atoms with Gasteiger partial charge in [-0.05, 0) is 24.3 Å². The van der Waals surface area contributed by atoms with Crippen LogP contribution in [0, 0.1) is 0 Å². The number of hydrogen-bond acceptors (Lipinski definition) is 7. The monoisotopic (exact) mass is 432 g/mol. The Balaban J connectivity index is 1.95. The maximum absolute atomic E-state index is 12.7. The van der Waals surface area contributed by atoms with E-state index < -0.39 is 23.1 Å². The molecule has 0 saturated heterocycles. The van der Waals surface area contributed by atoms with Crippen LogP contribution in [0.15, 0.2) is 36.4 Å². The predicted octanol–water partition coefficient (Wildman–Crippen LogP) is 4.38. The van der Waals surface area contributed by atoms with Gasteiger partial charge in [0.05, 0.1) is 10.0 Å². The number of hydrogen-bond donors (Lipinski definition) is 4. The Morgan fingerprint density at radius 3 is 1.86 bits per heavy atom. The first-order chi connectivity index (χ1) is 13.7. The Hall–Kier alpha value is -3.29. The molecule has 0 unspecified atom stereocenters. The van der Waals surface area contributed by atoms with Crippen LogP contribution in [-0.2, 0) is 10.3 Å². The highest BCUT2D eigenvalue weighted by Crippen LogP contribution is 2.60. The van der Waals surface area contributed by atoms with Crippen molar-refractivity contribution < 1.29 is 34.7 Å². The molecule has 29 heavy (non-hydrogen) atoms. The summed E-state index contributed by atoms with van der Waals surface area (Å²) >= 11 is 12.2. The second-order valence-electron chi connectivity index (χ2n) is 6.63. The summed E-state index contributed by atoms with van der Waals surface area (Å²) in [5.74, 6) is -2.30. The molecule has 1 spiro atoms. The molecule has 0 bridgehead atoms. The van der Waals surface area contributed by atoms with E-state index in [2.05, 4.69) is 0 Å². The summed E-state index contributed by atoms with van der Waals surface area (Å²) in [6, 6.07) is 7.90. The van der Waals surface area contributed by atoms with Gasteiger partial charge in [-0.15, -0.1) is 0 Å². The van der Waals surface area contributed by atoms with E-state index in [4.69, 9.17) is 32.7 Å². The smallest absolute Gasteiger partial charge is 0.344 e. The first-order valence-corrected chi connectivity index (χ1v) is 9.02. The third-order valence-corrected chi connectivity index (χ3v) is 5.67. The molecule has 0 radical (unpaired) electrons. The van der Waals surface area contributed by atoms with Gasteiger partial charge in [-0.2, -0.15) is 0 Å². The zero-order valence-corrected chi connectivity index (χ0v) is 15.7. The summed E-state index contributed by atoms with van der Waals surface area (Å²) in [7, 11) is 0. The Bertz CT molecular complexity index is 1190. The molecule has 2 aliphatic heterocycles. The second kappa shape index (κ2) is 5.62. The molecule has 0 fully saturated rings. The number of halogens is 2. The molecule has 2 aliphatic rings. The van der Waals surface area contributed by atoms with Crippen molar-refractivity contribution in [2.24, 2.45) is 0 Å². The van der Waals surface area contributed by atoms with Crippen LogP contribution in [0.4, 0.5) is 0 Å². The molecule has 4 N–H and O–H groups in total. The van der Waals surface area contributed by atoms with Crippen LogP contribution in [0.3, 0.4) is 0 Å². The van der Waals surface area contributed by atoms with Crippen LogP contribution in [0.5, 0.6) is 34.5 Å². The fourth-order valence-electron chi connectivity index (χ4n) is 3.79. The van der Waals surface area contributed by atoms with Crippen molar-refractivity contribution in [3.8, 4) is 34.5 Å². The lowest BCUT2D eigenvalue weighted by atomic mass is 9.77. The minimum absolute atomic E-state index is 0.0208. The molecule has 0 atom stereocenters. The summed E-state index contributed by atoms with van der Waals surface area (Å²) in [4.78, 5) is 12.7. The number of fused-ring (bicyclic) bond motifs is 6. The number of ether oxygens (including phenoxy) is 2.